The first kappa shape index (κ1) is 16.6. The van der Waals surface area contributed by atoms with Crippen molar-refractivity contribution in [3.63, 3.8) is 0 Å². The molecule has 3 nitrogen and oxygen atoms in total. The van der Waals surface area contributed by atoms with E-state index in [1.165, 1.54) is 11.8 Å². The predicted octanol–water partition coefficient (Wildman–Crippen LogP) is 3.13. The quantitative estimate of drug-likeness (QED) is 0.179. The molecule has 0 spiro atoms. The van der Waals surface area contributed by atoms with Crippen molar-refractivity contribution in [1.29, 1.82) is 0 Å². The molecule has 16 heavy (non-hydrogen) atoms. The molecule has 1 rings (SSSR count). The molecule has 0 saturated carbocycles. The fourth-order valence-corrected chi connectivity index (χ4v) is 1.25. The summed E-state index contributed by atoms with van der Waals surface area (Å²) < 4.78 is 1.26. The number of nitrogens with zero attached hydrogens (tertiary/aromatic N) is 3. The number of aromatic nitrogens is 1. The summed E-state index contributed by atoms with van der Waals surface area (Å²) in [5.41, 5.74) is 0.806. The van der Waals surface area contributed by atoms with Crippen molar-refractivity contribution < 1.29 is 15.1 Å². The summed E-state index contributed by atoms with van der Waals surface area (Å²) in [6.45, 7) is 0. The second-order valence-corrected chi connectivity index (χ2v) is 4.64. The SMILES string of the molecule is CS/C([S-])=N/N=C(\I)c1ccccn1.[Cl][Cu+]. The first-order chi connectivity index (χ1) is 7.74. The van der Waals surface area contributed by atoms with Gasteiger partial charge in [-0.2, -0.15) is 5.10 Å². The Hall–Kier alpha value is 0.599. The van der Waals surface area contributed by atoms with Crippen LogP contribution in [0.5, 0.6) is 0 Å². The zero-order chi connectivity index (χ0) is 12.4. The van der Waals surface area contributed by atoms with E-state index in [9.17, 15) is 0 Å². The van der Waals surface area contributed by atoms with Crippen molar-refractivity contribution in [3.8, 4) is 0 Å². The Kier molecular flexibility index (Phi) is 11.1. The second kappa shape index (κ2) is 10.7. The van der Waals surface area contributed by atoms with E-state index in [0.29, 0.717) is 4.38 Å². The van der Waals surface area contributed by atoms with Crippen LogP contribution in [0.2, 0.25) is 0 Å². The zero-order valence-electron chi connectivity index (χ0n) is 8.02. The molecule has 1 heterocycles. The van der Waals surface area contributed by atoms with Gasteiger partial charge >= 0.3 is 25.2 Å². The van der Waals surface area contributed by atoms with E-state index in [2.05, 4.69) is 63.0 Å². The molecule has 0 aliphatic rings. The van der Waals surface area contributed by atoms with Gasteiger partial charge in [-0.15, -0.1) is 16.9 Å². The fraction of sp³-hybridized carbons (Fsp3) is 0.125. The van der Waals surface area contributed by atoms with E-state index in [-0.39, 0.29) is 0 Å². The van der Waals surface area contributed by atoms with E-state index in [0.717, 1.165) is 9.41 Å². The van der Waals surface area contributed by atoms with Crippen LogP contribution in [0.15, 0.2) is 34.6 Å². The van der Waals surface area contributed by atoms with Crippen LogP contribution >= 0.6 is 44.5 Å². The van der Waals surface area contributed by atoms with E-state index in [1.54, 1.807) is 6.20 Å². The third-order valence-corrected chi connectivity index (χ3v) is 3.05. The number of hydrogen-bond donors (Lipinski definition) is 0. The Morgan fingerprint density at radius 3 is 2.69 bits per heavy atom. The van der Waals surface area contributed by atoms with Gasteiger partial charge in [0.05, 0.1) is 5.69 Å². The summed E-state index contributed by atoms with van der Waals surface area (Å²) in [7, 11) is 4.20. The molecule has 0 fully saturated rings. The molecule has 8 heteroatoms. The van der Waals surface area contributed by atoms with Crippen LogP contribution in [0.25, 0.3) is 0 Å². The topological polar surface area (TPSA) is 37.6 Å². The maximum atomic E-state index is 4.89. The molecule has 0 amide bonds. The summed E-state index contributed by atoms with van der Waals surface area (Å²) >= 11 is 12.0. The van der Waals surface area contributed by atoms with Gasteiger partial charge in [0.15, 0.2) is 0 Å². The normalized spacial score (nSPS) is 11.8. The van der Waals surface area contributed by atoms with Crippen LogP contribution in [-0.4, -0.2) is 19.3 Å². The average Bonchev–Trinajstić information content (AvgIpc) is 2.38. The Bertz CT molecular complexity index is 362. The minimum atomic E-state index is 0.523. The van der Waals surface area contributed by atoms with E-state index < -0.39 is 0 Å². The van der Waals surface area contributed by atoms with E-state index >= 15 is 0 Å². The molecule has 1 aromatic rings. The molecule has 0 atom stereocenters. The summed E-state index contributed by atoms with van der Waals surface area (Å²) in [4.78, 5) is 4.13. The second-order valence-electron chi connectivity index (χ2n) is 2.18. The van der Waals surface area contributed by atoms with Gasteiger partial charge in [0.2, 0.25) is 0 Å². The summed E-state index contributed by atoms with van der Waals surface area (Å²) in [5, 5.41) is 7.82. The molecule has 0 aliphatic carbocycles. The zero-order valence-corrected chi connectivity index (χ0v) is 13.5. The van der Waals surface area contributed by atoms with Crippen LogP contribution < -0.4 is 0 Å². The van der Waals surface area contributed by atoms with Crippen molar-refractivity contribution in [2.24, 2.45) is 10.2 Å². The summed E-state index contributed by atoms with van der Waals surface area (Å²) in [6.07, 6.45) is 3.59. The van der Waals surface area contributed by atoms with Crippen LogP contribution in [0.3, 0.4) is 0 Å². The van der Waals surface area contributed by atoms with E-state index in [1.807, 2.05) is 24.5 Å². The third kappa shape index (κ3) is 7.03. The van der Waals surface area contributed by atoms with Gasteiger partial charge in [0.1, 0.15) is 3.72 Å². The molecule has 0 radical (unpaired) electrons. The van der Waals surface area contributed by atoms with Crippen LogP contribution in [0, 0.1) is 0 Å². The monoisotopic (exact) mass is 434 g/mol. The molecular formula is C8H7ClCuIN3S2. The molecule has 0 aliphatic heterocycles. The fourth-order valence-electron chi connectivity index (χ4n) is 0.662. The van der Waals surface area contributed by atoms with Gasteiger partial charge in [-0.3, -0.25) is 4.98 Å². The van der Waals surface area contributed by atoms with Gasteiger partial charge in [-0.1, -0.05) is 6.07 Å². The average molecular weight is 435 g/mol. The van der Waals surface area contributed by atoms with Crippen LogP contribution in [0.4, 0.5) is 0 Å². The molecule has 0 aromatic carbocycles. The van der Waals surface area contributed by atoms with Gasteiger partial charge in [0, 0.05) is 6.20 Å². The maximum absolute atomic E-state index is 4.89. The minimum absolute atomic E-state index is 0.523. The molecule has 0 unspecified atom stereocenters. The van der Waals surface area contributed by atoms with Crippen LogP contribution in [-0.2, 0) is 27.7 Å². The van der Waals surface area contributed by atoms with Crippen molar-refractivity contribution >= 4 is 65.2 Å². The molecule has 0 saturated heterocycles. The third-order valence-electron chi connectivity index (χ3n) is 1.27. The first-order valence-electron chi connectivity index (χ1n) is 3.79. The predicted molar refractivity (Wildman–Crippen MR) is 79.0 cm³/mol. The summed E-state index contributed by atoms with van der Waals surface area (Å²) in [6, 6.07) is 5.64. The molecule has 0 N–H and O–H groups in total. The molecule has 1 aromatic heterocycles. The standard InChI is InChI=1S/C8H8IN3S2.ClH.Cu/c1-14-8(13)12-11-7(9)6-4-2-3-5-10-6;;/h2-5H,1H3,(H,12,13);1H;/q;;+2/p-2/b11-7-;;. The van der Waals surface area contributed by atoms with Gasteiger partial charge in [-0.25, -0.2) is 0 Å². The Morgan fingerprint density at radius 1 is 1.50 bits per heavy atom. The Balaban J connectivity index is 0.00000106. The first-order valence-corrected chi connectivity index (χ1v) is 7.79. The Labute approximate surface area is 131 Å². The Morgan fingerprint density at radius 2 is 2.19 bits per heavy atom. The van der Waals surface area contributed by atoms with Crippen molar-refractivity contribution in [3.05, 3.63) is 30.1 Å². The number of pyridine rings is 1. The van der Waals surface area contributed by atoms with E-state index in [4.69, 9.17) is 12.6 Å². The summed E-state index contributed by atoms with van der Waals surface area (Å²) in [5.74, 6) is 0. The van der Waals surface area contributed by atoms with Crippen LogP contribution in [0.1, 0.15) is 5.69 Å². The molecule has 91 valence electrons. The van der Waals surface area contributed by atoms with Gasteiger partial charge in [-0.05, 0) is 45.4 Å². The van der Waals surface area contributed by atoms with Crippen molar-refractivity contribution in [1.82, 2.24) is 4.98 Å². The van der Waals surface area contributed by atoms with Crippen molar-refractivity contribution in [2.45, 2.75) is 0 Å². The van der Waals surface area contributed by atoms with Gasteiger partial charge < -0.3 is 12.6 Å². The number of rotatable bonds is 2. The van der Waals surface area contributed by atoms with Gasteiger partial charge in [0.25, 0.3) is 0 Å². The number of thioether (sulfide) groups is 1. The number of halogens is 2. The molecular weight excluding hydrogens is 428 g/mol. The molecule has 0 bridgehead atoms. The van der Waals surface area contributed by atoms with Crippen molar-refractivity contribution in [2.75, 3.05) is 6.26 Å². The number of hydrogen-bond acceptors (Lipinski definition) is 5.